The molecule has 0 spiro atoms. The van der Waals surface area contributed by atoms with Crippen LogP contribution in [-0.2, 0) is 11.3 Å². The number of furan rings is 1. The van der Waals surface area contributed by atoms with Gasteiger partial charge in [0, 0.05) is 29.3 Å². The Morgan fingerprint density at radius 3 is 2.80 bits per heavy atom. The number of amides is 1. The summed E-state index contributed by atoms with van der Waals surface area (Å²) >= 11 is 2.18. The minimum Gasteiger partial charge on any atom is -0.472 e. The molecule has 0 aliphatic rings. The van der Waals surface area contributed by atoms with Gasteiger partial charge < -0.3 is 14.1 Å². The molecule has 1 heterocycles. The van der Waals surface area contributed by atoms with Gasteiger partial charge in [-0.2, -0.15) is 0 Å². The summed E-state index contributed by atoms with van der Waals surface area (Å²) in [7, 11) is 1.63. The van der Waals surface area contributed by atoms with Crippen LogP contribution < -0.4 is 0 Å². The molecule has 1 aromatic heterocycles. The SMILES string of the molecule is COCCN(Cc1ccoc1)C(=O)c1ccccc1I. The molecule has 1 aromatic carbocycles. The van der Waals surface area contributed by atoms with Gasteiger partial charge in [0.2, 0.25) is 0 Å². The third-order valence-corrected chi connectivity index (χ3v) is 3.85. The van der Waals surface area contributed by atoms with E-state index < -0.39 is 0 Å². The first-order valence-electron chi connectivity index (χ1n) is 6.26. The predicted octanol–water partition coefficient (Wildman–Crippen LogP) is 3.17. The van der Waals surface area contributed by atoms with Crippen LogP contribution in [0, 0.1) is 3.57 Å². The molecule has 0 aliphatic heterocycles. The Labute approximate surface area is 131 Å². The van der Waals surface area contributed by atoms with Crippen LogP contribution in [0.5, 0.6) is 0 Å². The Morgan fingerprint density at radius 2 is 2.15 bits per heavy atom. The topological polar surface area (TPSA) is 42.7 Å². The summed E-state index contributed by atoms with van der Waals surface area (Å²) in [6.07, 6.45) is 3.27. The molecule has 0 N–H and O–H groups in total. The molecule has 2 aromatic rings. The standard InChI is InChI=1S/C15H16INO3/c1-19-9-7-17(10-12-6-8-20-11-12)15(18)13-4-2-3-5-14(13)16/h2-6,8,11H,7,9-10H2,1H3. The van der Waals surface area contributed by atoms with E-state index in [-0.39, 0.29) is 5.91 Å². The van der Waals surface area contributed by atoms with Crippen LogP contribution in [0.1, 0.15) is 15.9 Å². The average molecular weight is 385 g/mol. The molecule has 0 unspecified atom stereocenters. The molecule has 106 valence electrons. The maximum atomic E-state index is 12.6. The van der Waals surface area contributed by atoms with E-state index in [0.29, 0.717) is 25.3 Å². The summed E-state index contributed by atoms with van der Waals surface area (Å²) in [5, 5.41) is 0. The Kier molecular flexibility index (Phi) is 5.60. The second-order valence-electron chi connectivity index (χ2n) is 4.33. The van der Waals surface area contributed by atoms with Crippen LogP contribution >= 0.6 is 22.6 Å². The lowest BCUT2D eigenvalue weighted by Gasteiger charge is -2.22. The van der Waals surface area contributed by atoms with Crippen molar-refractivity contribution in [3.05, 3.63) is 57.6 Å². The fourth-order valence-corrected chi connectivity index (χ4v) is 2.48. The molecular formula is C15H16INO3. The van der Waals surface area contributed by atoms with E-state index >= 15 is 0 Å². The van der Waals surface area contributed by atoms with Crippen LogP contribution in [-0.4, -0.2) is 31.1 Å². The number of rotatable bonds is 6. The van der Waals surface area contributed by atoms with E-state index in [4.69, 9.17) is 9.15 Å². The molecule has 20 heavy (non-hydrogen) atoms. The number of carbonyl (C=O) groups is 1. The Hall–Kier alpha value is -1.34. The van der Waals surface area contributed by atoms with Crippen molar-refractivity contribution < 1.29 is 13.9 Å². The molecule has 0 aliphatic carbocycles. The van der Waals surface area contributed by atoms with Crippen molar-refractivity contribution in [1.29, 1.82) is 0 Å². The highest BCUT2D eigenvalue weighted by molar-refractivity contribution is 14.1. The third-order valence-electron chi connectivity index (χ3n) is 2.91. The van der Waals surface area contributed by atoms with E-state index in [0.717, 1.165) is 9.13 Å². The zero-order chi connectivity index (χ0) is 14.4. The zero-order valence-corrected chi connectivity index (χ0v) is 13.4. The maximum absolute atomic E-state index is 12.6. The molecule has 2 rings (SSSR count). The fraction of sp³-hybridized carbons (Fsp3) is 0.267. The molecule has 0 saturated heterocycles. The number of methoxy groups -OCH3 is 1. The van der Waals surface area contributed by atoms with Crippen molar-refractivity contribution in [3.8, 4) is 0 Å². The second-order valence-corrected chi connectivity index (χ2v) is 5.49. The Bertz CT molecular complexity index is 554. The number of carbonyl (C=O) groups excluding carboxylic acids is 1. The summed E-state index contributed by atoms with van der Waals surface area (Å²) < 4.78 is 11.1. The molecule has 0 saturated carbocycles. The maximum Gasteiger partial charge on any atom is 0.255 e. The molecular weight excluding hydrogens is 369 g/mol. The van der Waals surface area contributed by atoms with Crippen LogP contribution in [0.3, 0.4) is 0 Å². The first-order chi connectivity index (χ1) is 9.72. The van der Waals surface area contributed by atoms with Gasteiger partial charge >= 0.3 is 0 Å². The number of nitrogens with zero attached hydrogens (tertiary/aromatic N) is 1. The van der Waals surface area contributed by atoms with Gasteiger partial charge in [0.25, 0.3) is 5.91 Å². The zero-order valence-electron chi connectivity index (χ0n) is 11.2. The highest BCUT2D eigenvalue weighted by Crippen LogP contribution is 2.16. The van der Waals surface area contributed by atoms with Gasteiger partial charge in [-0.25, -0.2) is 0 Å². The monoisotopic (exact) mass is 385 g/mol. The largest absolute Gasteiger partial charge is 0.472 e. The lowest BCUT2D eigenvalue weighted by Crippen LogP contribution is -2.33. The van der Waals surface area contributed by atoms with E-state index in [2.05, 4.69) is 22.6 Å². The summed E-state index contributed by atoms with van der Waals surface area (Å²) in [4.78, 5) is 14.4. The van der Waals surface area contributed by atoms with Gasteiger partial charge in [-0.1, -0.05) is 12.1 Å². The van der Waals surface area contributed by atoms with Crippen molar-refractivity contribution in [1.82, 2.24) is 4.90 Å². The molecule has 0 bridgehead atoms. The van der Waals surface area contributed by atoms with Crippen LogP contribution in [0.4, 0.5) is 0 Å². The smallest absolute Gasteiger partial charge is 0.255 e. The lowest BCUT2D eigenvalue weighted by atomic mass is 10.2. The van der Waals surface area contributed by atoms with Crippen molar-refractivity contribution in [2.24, 2.45) is 0 Å². The number of ether oxygens (including phenoxy) is 1. The predicted molar refractivity (Wildman–Crippen MR) is 84.5 cm³/mol. The minimum absolute atomic E-state index is 0.00764. The highest BCUT2D eigenvalue weighted by Gasteiger charge is 2.18. The van der Waals surface area contributed by atoms with Crippen LogP contribution in [0.25, 0.3) is 0 Å². The normalized spacial score (nSPS) is 10.5. The van der Waals surface area contributed by atoms with Crippen molar-refractivity contribution >= 4 is 28.5 Å². The quantitative estimate of drug-likeness (QED) is 0.718. The van der Waals surface area contributed by atoms with E-state index in [1.807, 2.05) is 30.3 Å². The van der Waals surface area contributed by atoms with Crippen LogP contribution in [0.15, 0.2) is 47.3 Å². The number of halogens is 1. The number of hydrogen-bond donors (Lipinski definition) is 0. The van der Waals surface area contributed by atoms with E-state index in [9.17, 15) is 4.79 Å². The third kappa shape index (κ3) is 3.83. The van der Waals surface area contributed by atoms with E-state index in [1.165, 1.54) is 0 Å². The van der Waals surface area contributed by atoms with Gasteiger partial charge in [-0.15, -0.1) is 0 Å². The molecule has 0 radical (unpaired) electrons. The molecule has 0 fully saturated rings. The average Bonchev–Trinajstić information content (AvgIpc) is 2.96. The van der Waals surface area contributed by atoms with Crippen LogP contribution in [0.2, 0.25) is 0 Å². The van der Waals surface area contributed by atoms with Gasteiger partial charge in [-0.3, -0.25) is 4.79 Å². The molecule has 4 nitrogen and oxygen atoms in total. The molecule has 5 heteroatoms. The Balaban J connectivity index is 2.17. The number of benzene rings is 1. The second kappa shape index (κ2) is 7.44. The first kappa shape index (κ1) is 15.1. The van der Waals surface area contributed by atoms with Gasteiger partial charge in [0.15, 0.2) is 0 Å². The summed E-state index contributed by atoms with van der Waals surface area (Å²) in [6.45, 7) is 1.57. The highest BCUT2D eigenvalue weighted by atomic mass is 127. The van der Waals surface area contributed by atoms with Crippen molar-refractivity contribution in [3.63, 3.8) is 0 Å². The first-order valence-corrected chi connectivity index (χ1v) is 7.34. The van der Waals surface area contributed by atoms with Gasteiger partial charge in [-0.05, 0) is 40.8 Å². The summed E-state index contributed by atoms with van der Waals surface area (Å²) in [6, 6.07) is 9.44. The van der Waals surface area contributed by atoms with E-state index in [1.54, 1.807) is 24.5 Å². The Morgan fingerprint density at radius 1 is 1.35 bits per heavy atom. The molecule has 0 atom stereocenters. The van der Waals surface area contributed by atoms with Gasteiger partial charge in [0.05, 0.1) is 24.7 Å². The fourth-order valence-electron chi connectivity index (χ4n) is 1.86. The summed E-state index contributed by atoms with van der Waals surface area (Å²) in [5.74, 6) is 0.00764. The van der Waals surface area contributed by atoms with Gasteiger partial charge in [0.1, 0.15) is 0 Å². The molecule has 1 amide bonds. The lowest BCUT2D eigenvalue weighted by molar-refractivity contribution is 0.0679. The number of hydrogen-bond acceptors (Lipinski definition) is 3. The minimum atomic E-state index is 0.00764. The van der Waals surface area contributed by atoms with Crippen molar-refractivity contribution in [2.75, 3.05) is 20.3 Å². The van der Waals surface area contributed by atoms with Crippen molar-refractivity contribution in [2.45, 2.75) is 6.54 Å². The summed E-state index contributed by atoms with van der Waals surface area (Å²) in [5.41, 5.74) is 1.69.